The average Bonchev–Trinajstić information content (AvgIpc) is 2.79. The summed E-state index contributed by atoms with van der Waals surface area (Å²) in [7, 11) is 0. The van der Waals surface area contributed by atoms with Crippen LogP contribution in [0.5, 0.6) is 0 Å². The molecule has 0 spiro atoms. The van der Waals surface area contributed by atoms with Crippen LogP contribution in [0.3, 0.4) is 0 Å². The van der Waals surface area contributed by atoms with Gasteiger partial charge in [-0.05, 0) is 36.3 Å². The Labute approximate surface area is 210 Å². The lowest BCUT2D eigenvalue weighted by Gasteiger charge is -2.25. The first-order valence-corrected chi connectivity index (χ1v) is 13.1. The van der Waals surface area contributed by atoms with Gasteiger partial charge in [-0.1, -0.05) is 44.2 Å². The Hall–Kier alpha value is -2.24. The molecule has 0 aliphatic carbocycles. The second-order valence-corrected chi connectivity index (χ2v) is 9.76. The number of carboxylic acids is 1. The van der Waals surface area contributed by atoms with Crippen LogP contribution in [0.2, 0.25) is 0 Å². The number of carbonyl (C=O) groups is 4. The highest BCUT2D eigenvalue weighted by molar-refractivity contribution is 7.98. The third-order valence-corrected chi connectivity index (χ3v) is 6.03. The maximum Gasteiger partial charge on any atom is 0.326 e. The minimum Gasteiger partial charge on any atom is -0.480 e. The fraction of sp³-hybridized carbons (Fsp3) is 0.565. The lowest BCUT2D eigenvalue weighted by atomic mass is 10.0. The van der Waals surface area contributed by atoms with Gasteiger partial charge in [0.2, 0.25) is 17.7 Å². The topological polar surface area (TPSA) is 151 Å². The van der Waals surface area contributed by atoms with Crippen molar-refractivity contribution in [1.29, 1.82) is 0 Å². The normalized spacial score (nSPS) is 14.5. The maximum absolute atomic E-state index is 13.1. The van der Waals surface area contributed by atoms with Gasteiger partial charge in [0.05, 0.1) is 6.04 Å². The molecule has 190 valence electrons. The molecular formula is C23H36N4O5S2. The number of thiol groups is 1. The zero-order valence-electron chi connectivity index (χ0n) is 19.8. The largest absolute Gasteiger partial charge is 0.480 e. The maximum atomic E-state index is 13.1. The number of hydrogen-bond donors (Lipinski definition) is 6. The molecule has 6 N–H and O–H groups in total. The molecule has 0 radical (unpaired) electrons. The first-order valence-electron chi connectivity index (χ1n) is 11.1. The van der Waals surface area contributed by atoms with Gasteiger partial charge in [-0.2, -0.15) is 24.4 Å². The van der Waals surface area contributed by atoms with Crippen molar-refractivity contribution >= 4 is 48.1 Å². The van der Waals surface area contributed by atoms with Crippen LogP contribution in [-0.2, 0) is 25.6 Å². The van der Waals surface area contributed by atoms with E-state index in [0.29, 0.717) is 12.2 Å². The van der Waals surface area contributed by atoms with Crippen molar-refractivity contribution in [3.63, 3.8) is 0 Å². The third-order valence-electron chi connectivity index (χ3n) is 5.02. The fourth-order valence-corrected chi connectivity index (χ4v) is 3.91. The predicted molar refractivity (Wildman–Crippen MR) is 138 cm³/mol. The predicted octanol–water partition coefficient (Wildman–Crippen LogP) is 0.824. The minimum absolute atomic E-state index is 0.0503. The van der Waals surface area contributed by atoms with Gasteiger partial charge in [-0.3, -0.25) is 14.4 Å². The third kappa shape index (κ3) is 10.8. The highest BCUT2D eigenvalue weighted by Gasteiger charge is 2.30. The number of nitrogens with one attached hydrogen (secondary N) is 3. The van der Waals surface area contributed by atoms with Gasteiger partial charge in [0, 0.05) is 12.2 Å². The van der Waals surface area contributed by atoms with Gasteiger partial charge < -0.3 is 26.8 Å². The zero-order chi connectivity index (χ0) is 25.7. The molecule has 0 aromatic heterocycles. The summed E-state index contributed by atoms with van der Waals surface area (Å²) in [5.74, 6) is -2.15. The number of rotatable bonds is 15. The minimum atomic E-state index is -1.15. The summed E-state index contributed by atoms with van der Waals surface area (Å²) >= 11 is 5.61. The molecule has 4 unspecified atom stereocenters. The lowest BCUT2D eigenvalue weighted by molar-refractivity contribution is -0.142. The molecule has 1 aromatic carbocycles. The van der Waals surface area contributed by atoms with E-state index in [9.17, 15) is 24.3 Å². The molecule has 11 heteroatoms. The van der Waals surface area contributed by atoms with Crippen LogP contribution in [0.4, 0.5) is 0 Å². The average molecular weight is 513 g/mol. The molecule has 0 saturated carbocycles. The Kier molecular flexibility index (Phi) is 13.7. The van der Waals surface area contributed by atoms with Gasteiger partial charge in [-0.25, -0.2) is 4.79 Å². The van der Waals surface area contributed by atoms with Crippen molar-refractivity contribution in [2.45, 2.75) is 57.3 Å². The second-order valence-electron chi connectivity index (χ2n) is 8.41. The molecule has 0 saturated heterocycles. The molecule has 3 amide bonds. The van der Waals surface area contributed by atoms with Crippen LogP contribution in [0.25, 0.3) is 0 Å². The van der Waals surface area contributed by atoms with Gasteiger partial charge >= 0.3 is 5.97 Å². The van der Waals surface area contributed by atoms with E-state index in [4.69, 9.17) is 5.73 Å². The van der Waals surface area contributed by atoms with Crippen LogP contribution in [0.1, 0.15) is 32.3 Å². The highest BCUT2D eigenvalue weighted by Crippen LogP contribution is 2.08. The standard InChI is InChI=1S/C23H36N4O5S2/c1-14(2)11-16(24)20(28)26-18(12-15-7-5-4-6-8-15)21(29)27-19(13-33)22(30)25-17(23(31)32)9-10-34-3/h4-8,14,16-19,33H,9-13,24H2,1-3H3,(H,25,30)(H,26,28)(H,27,29)(H,31,32). The Morgan fingerprint density at radius 1 is 0.971 bits per heavy atom. The fourth-order valence-electron chi connectivity index (χ4n) is 3.18. The van der Waals surface area contributed by atoms with Crippen molar-refractivity contribution in [2.75, 3.05) is 17.8 Å². The molecule has 1 rings (SSSR count). The number of carboxylic acid groups (broad SMARTS) is 1. The summed E-state index contributed by atoms with van der Waals surface area (Å²) in [6, 6.07) is 5.23. The van der Waals surface area contributed by atoms with E-state index in [0.717, 1.165) is 5.56 Å². The Morgan fingerprint density at radius 2 is 1.53 bits per heavy atom. The Balaban J connectivity index is 2.95. The molecular weight excluding hydrogens is 476 g/mol. The monoisotopic (exact) mass is 512 g/mol. The Bertz CT molecular complexity index is 810. The molecule has 0 fully saturated rings. The second kappa shape index (κ2) is 15.6. The smallest absolute Gasteiger partial charge is 0.326 e. The van der Waals surface area contributed by atoms with E-state index in [2.05, 4.69) is 28.6 Å². The first kappa shape index (κ1) is 29.8. The van der Waals surface area contributed by atoms with Crippen LogP contribution >= 0.6 is 24.4 Å². The number of hydrogen-bond acceptors (Lipinski definition) is 7. The van der Waals surface area contributed by atoms with E-state index in [-0.39, 0.29) is 24.5 Å². The number of amides is 3. The summed E-state index contributed by atoms with van der Waals surface area (Å²) in [6.45, 7) is 3.89. The summed E-state index contributed by atoms with van der Waals surface area (Å²) in [4.78, 5) is 49.8. The molecule has 1 aromatic rings. The van der Waals surface area contributed by atoms with Crippen molar-refractivity contribution in [1.82, 2.24) is 16.0 Å². The molecule has 34 heavy (non-hydrogen) atoms. The number of thioether (sulfide) groups is 1. The number of carbonyl (C=O) groups excluding carboxylic acids is 3. The van der Waals surface area contributed by atoms with Crippen LogP contribution in [0, 0.1) is 5.92 Å². The Morgan fingerprint density at radius 3 is 2.06 bits per heavy atom. The molecule has 9 nitrogen and oxygen atoms in total. The van der Waals surface area contributed by atoms with Gasteiger partial charge in [0.15, 0.2) is 0 Å². The number of nitrogens with two attached hydrogens (primary N) is 1. The molecule has 0 bridgehead atoms. The zero-order valence-corrected chi connectivity index (χ0v) is 21.5. The van der Waals surface area contributed by atoms with Crippen molar-refractivity contribution < 1.29 is 24.3 Å². The van der Waals surface area contributed by atoms with Crippen LogP contribution in [-0.4, -0.2) is 70.7 Å². The summed E-state index contributed by atoms with van der Waals surface area (Å²) in [5, 5.41) is 17.1. The summed E-state index contributed by atoms with van der Waals surface area (Å²) < 4.78 is 0. The summed E-state index contributed by atoms with van der Waals surface area (Å²) in [6.07, 6.45) is 2.74. The van der Waals surface area contributed by atoms with Gasteiger partial charge in [0.25, 0.3) is 0 Å². The van der Waals surface area contributed by atoms with E-state index >= 15 is 0 Å². The first-order chi connectivity index (χ1) is 16.1. The molecule has 4 atom stereocenters. The van der Waals surface area contributed by atoms with Gasteiger partial charge in [-0.15, -0.1) is 0 Å². The molecule has 0 aliphatic rings. The van der Waals surface area contributed by atoms with Crippen LogP contribution in [0.15, 0.2) is 30.3 Å². The van der Waals surface area contributed by atoms with Crippen molar-refractivity contribution in [3.05, 3.63) is 35.9 Å². The quantitative estimate of drug-likeness (QED) is 0.190. The van der Waals surface area contributed by atoms with Gasteiger partial charge in [0.1, 0.15) is 18.1 Å². The number of aliphatic carboxylic acids is 1. The van der Waals surface area contributed by atoms with Crippen LogP contribution < -0.4 is 21.7 Å². The lowest BCUT2D eigenvalue weighted by Crippen LogP contribution is -2.58. The van der Waals surface area contributed by atoms with Crippen molar-refractivity contribution in [2.24, 2.45) is 11.7 Å². The number of benzene rings is 1. The summed E-state index contributed by atoms with van der Waals surface area (Å²) in [5.41, 5.74) is 6.80. The van der Waals surface area contributed by atoms with E-state index in [1.165, 1.54) is 11.8 Å². The van der Waals surface area contributed by atoms with E-state index in [1.807, 2.05) is 50.4 Å². The van der Waals surface area contributed by atoms with E-state index < -0.39 is 47.9 Å². The molecule has 0 aliphatic heterocycles. The SMILES string of the molecule is CSCCC(NC(=O)C(CS)NC(=O)C(Cc1ccccc1)NC(=O)C(N)CC(C)C)C(=O)O. The van der Waals surface area contributed by atoms with E-state index in [1.54, 1.807) is 0 Å². The molecule has 0 heterocycles. The van der Waals surface area contributed by atoms with Crippen molar-refractivity contribution in [3.8, 4) is 0 Å². The highest BCUT2D eigenvalue weighted by atomic mass is 32.2.